The second kappa shape index (κ2) is 5.87. The smallest absolute Gasteiger partial charge is 0.166 e. The minimum absolute atomic E-state index is 0.0965. The van der Waals surface area contributed by atoms with Gasteiger partial charge in [-0.2, -0.15) is 5.26 Å². The molecule has 4 nitrogen and oxygen atoms in total. The van der Waals surface area contributed by atoms with Crippen LogP contribution in [0.5, 0.6) is 5.75 Å². The van der Waals surface area contributed by atoms with Crippen LogP contribution in [-0.4, -0.2) is 25.0 Å². The molecular weight excluding hydrogens is 264 g/mol. The van der Waals surface area contributed by atoms with Gasteiger partial charge in [0.15, 0.2) is 5.78 Å². The van der Waals surface area contributed by atoms with Crippen molar-refractivity contribution in [3.05, 3.63) is 29.3 Å². The minimum Gasteiger partial charge on any atom is -0.495 e. The van der Waals surface area contributed by atoms with Crippen LogP contribution in [0.15, 0.2) is 18.2 Å². The summed E-state index contributed by atoms with van der Waals surface area (Å²) >= 11 is 0. The van der Waals surface area contributed by atoms with E-state index in [2.05, 4.69) is 11.4 Å². The van der Waals surface area contributed by atoms with Gasteiger partial charge in [-0.3, -0.25) is 4.79 Å². The zero-order valence-electron chi connectivity index (χ0n) is 12.3. The summed E-state index contributed by atoms with van der Waals surface area (Å²) in [4.78, 5) is 12.7. The summed E-state index contributed by atoms with van der Waals surface area (Å²) in [6, 6.07) is 8.20. The highest BCUT2D eigenvalue weighted by molar-refractivity contribution is 5.98. The Morgan fingerprint density at radius 3 is 2.67 bits per heavy atom. The maximum absolute atomic E-state index is 12.7. The number of piperidine rings is 2. The summed E-state index contributed by atoms with van der Waals surface area (Å²) in [6.07, 6.45) is 5.48. The van der Waals surface area contributed by atoms with Crippen molar-refractivity contribution in [2.45, 2.75) is 44.2 Å². The first-order valence-corrected chi connectivity index (χ1v) is 7.59. The van der Waals surface area contributed by atoms with Gasteiger partial charge in [0.1, 0.15) is 11.8 Å². The van der Waals surface area contributed by atoms with Crippen molar-refractivity contribution in [3.63, 3.8) is 0 Å². The van der Waals surface area contributed by atoms with Gasteiger partial charge in [-0.05, 0) is 43.9 Å². The van der Waals surface area contributed by atoms with Gasteiger partial charge < -0.3 is 10.1 Å². The largest absolute Gasteiger partial charge is 0.495 e. The van der Waals surface area contributed by atoms with E-state index >= 15 is 0 Å². The molecule has 4 heteroatoms. The fraction of sp³-hybridized carbons (Fsp3) is 0.529. The predicted molar refractivity (Wildman–Crippen MR) is 79.3 cm³/mol. The molecule has 2 aliphatic rings. The molecule has 2 unspecified atom stereocenters. The number of fused-ring (bicyclic) bond motifs is 2. The number of carbonyl (C=O) groups excluding carboxylic acids is 1. The van der Waals surface area contributed by atoms with Crippen LogP contribution in [0.25, 0.3) is 0 Å². The number of hydrogen-bond donors (Lipinski definition) is 1. The normalized spacial score (nSPS) is 27.7. The van der Waals surface area contributed by atoms with Crippen LogP contribution in [-0.2, 0) is 0 Å². The number of benzene rings is 1. The zero-order chi connectivity index (χ0) is 14.8. The molecule has 3 rings (SSSR count). The molecule has 2 heterocycles. The number of methoxy groups -OCH3 is 1. The van der Waals surface area contributed by atoms with E-state index in [0.29, 0.717) is 29.0 Å². The Bertz CT molecular complexity index is 579. The van der Waals surface area contributed by atoms with E-state index in [4.69, 9.17) is 10.00 Å². The van der Waals surface area contributed by atoms with Crippen molar-refractivity contribution in [2.24, 2.45) is 5.92 Å². The van der Waals surface area contributed by atoms with Crippen molar-refractivity contribution in [2.75, 3.05) is 7.11 Å². The summed E-state index contributed by atoms with van der Waals surface area (Å²) in [7, 11) is 1.53. The number of nitriles is 1. The quantitative estimate of drug-likeness (QED) is 0.867. The number of hydrogen-bond acceptors (Lipinski definition) is 4. The standard InChI is InChI=1S/C17H20N2O2/c1-21-16-9-11(5-6-12(16)10-18)17(20)13-7-14-3-2-4-15(8-13)19-14/h5-6,9,13-15,19H,2-4,7-8H2,1H3. The Labute approximate surface area is 125 Å². The summed E-state index contributed by atoms with van der Waals surface area (Å²) in [6.45, 7) is 0. The molecule has 0 radical (unpaired) electrons. The molecule has 2 bridgehead atoms. The molecule has 2 fully saturated rings. The highest BCUT2D eigenvalue weighted by Gasteiger charge is 2.35. The van der Waals surface area contributed by atoms with Crippen molar-refractivity contribution in [1.29, 1.82) is 5.26 Å². The summed E-state index contributed by atoms with van der Waals surface area (Å²) in [5.41, 5.74) is 1.13. The van der Waals surface area contributed by atoms with E-state index in [0.717, 1.165) is 12.8 Å². The first-order chi connectivity index (χ1) is 10.2. The number of nitrogens with zero attached hydrogens (tertiary/aromatic N) is 1. The first-order valence-electron chi connectivity index (χ1n) is 7.59. The van der Waals surface area contributed by atoms with Gasteiger partial charge >= 0.3 is 0 Å². The van der Waals surface area contributed by atoms with E-state index in [9.17, 15) is 4.79 Å². The lowest BCUT2D eigenvalue weighted by Gasteiger charge is -2.39. The van der Waals surface area contributed by atoms with Gasteiger partial charge in [0, 0.05) is 23.6 Å². The first kappa shape index (κ1) is 14.1. The van der Waals surface area contributed by atoms with E-state index in [-0.39, 0.29) is 11.7 Å². The van der Waals surface area contributed by atoms with Crippen LogP contribution in [0.4, 0.5) is 0 Å². The molecule has 0 aliphatic carbocycles. The number of ether oxygens (including phenoxy) is 1. The Balaban J connectivity index is 1.80. The van der Waals surface area contributed by atoms with Crippen LogP contribution in [0.3, 0.4) is 0 Å². The van der Waals surface area contributed by atoms with Crippen LogP contribution >= 0.6 is 0 Å². The molecule has 0 amide bonds. The van der Waals surface area contributed by atoms with Crippen LogP contribution in [0.2, 0.25) is 0 Å². The molecule has 1 aromatic carbocycles. The van der Waals surface area contributed by atoms with E-state index < -0.39 is 0 Å². The fourth-order valence-electron chi connectivity index (χ4n) is 3.65. The van der Waals surface area contributed by atoms with Gasteiger partial charge in [-0.1, -0.05) is 6.42 Å². The third-order valence-corrected chi connectivity index (χ3v) is 4.69. The van der Waals surface area contributed by atoms with E-state index in [1.54, 1.807) is 18.2 Å². The number of carbonyl (C=O) groups is 1. The Hall–Kier alpha value is -1.86. The highest BCUT2D eigenvalue weighted by Crippen LogP contribution is 2.32. The molecule has 2 atom stereocenters. The maximum atomic E-state index is 12.7. The molecule has 1 N–H and O–H groups in total. The maximum Gasteiger partial charge on any atom is 0.166 e. The molecule has 110 valence electrons. The number of Topliss-reactive ketones (excluding diaryl/α,β-unsaturated/α-hetero) is 1. The Morgan fingerprint density at radius 2 is 2.05 bits per heavy atom. The van der Waals surface area contributed by atoms with E-state index in [1.165, 1.54) is 26.4 Å². The predicted octanol–water partition coefficient (Wildman–Crippen LogP) is 2.67. The number of rotatable bonds is 3. The Morgan fingerprint density at radius 1 is 1.33 bits per heavy atom. The second-order valence-corrected chi connectivity index (χ2v) is 6.05. The lowest BCUT2D eigenvalue weighted by molar-refractivity contribution is 0.0825. The molecule has 21 heavy (non-hydrogen) atoms. The monoisotopic (exact) mass is 284 g/mol. The fourth-order valence-corrected chi connectivity index (χ4v) is 3.65. The van der Waals surface area contributed by atoms with Gasteiger partial charge in [-0.15, -0.1) is 0 Å². The number of nitrogens with one attached hydrogen (secondary N) is 1. The average Bonchev–Trinajstić information content (AvgIpc) is 2.53. The molecule has 0 aromatic heterocycles. The highest BCUT2D eigenvalue weighted by atomic mass is 16.5. The van der Waals surface area contributed by atoms with Gasteiger partial charge in [0.05, 0.1) is 12.7 Å². The second-order valence-electron chi connectivity index (χ2n) is 6.05. The zero-order valence-corrected chi connectivity index (χ0v) is 12.3. The van der Waals surface area contributed by atoms with Gasteiger partial charge in [0.25, 0.3) is 0 Å². The molecule has 2 saturated heterocycles. The third kappa shape index (κ3) is 2.79. The van der Waals surface area contributed by atoms with Crippen molar-refractivity contribution in [1.82, 2.24) is 5.32 Å². The van der Waals surface area contributed by atoms with Crippen molar-refractivity contribution < 1.29 is 9.53 Å². The van der Waals surface area contributed by atoms with Gasteiger partial charge in [-0.25, -0.2) is 0 Å². The summed E-state index contributed by atoms with van der Waals surface area (Å²) < 4.78 is 5.20. The lowest BCUT2D eigenvalue weighted by Crippen LogP contribution is -2.50. The topological polar surface area (TPSA) is 62.1 Å². The van der Waals surface area contributed by atoms with Crippen LogP contribution < -0.4 is 10.1 Å². The molecule has 0 saturated carbocycles. The molecule has 2 aliphatic heterocycles. The minimum atomic E-state index is 0.0965. The van der Waals surface area contributed by atoms with Gasteiger partial charge in [0.2, 0.25) is 0 Å². The third-order valence-electron chi connectivity index (χ3n) is 4.69. The lowest BCUT2D eigenvalue weighted by atomic mass is 9.77. The molecule has 1 aromatic rings. The average molecular weight is 284 g/mol. The van der Waals surface area contributed by atoms with Crippen molar-refractivity contribution >= 4 is 5.78 Å². The molecule has 0 spiro atoms. The summed E-state index contributed by atoms with van der Waals surface area (Å²) in [5.74, 6) is 0.771. The van der Waals surface area contributed by atoms with Crippen LogP contribution in [0.1, 0.15) is 48.0 Å². The number of ketones is 1. The van der Waals surface area contributed by atoms with E-state index in [1.807, 2.05) is 0 Å². The SMILES string of the molecule is COc1cc(C(=O)C2CC3CCCC(C2)N3)ccc1C#N. The van der Waals surface area contributed by atoms with Crippen LogP contribution in [0, 0.1) is 17.2 Å². The van der Waals surface area contributed by atoms with Crippen molar-refractivity contribution in [3.8, 4) is 11.8 Å². The molecular formula is C17H20N2O2. The Kier molecular flexibility index (Phi) is 3.94. The summed E-state index contributed by atoms with van der Waals surface area (Å²) in [5, 5.41) is 12.6.